The molecule has 1 fully saturated rings. The quantitative estimate of drug-likeness (QED) is 0.870. The van der Waals surface area contributed by atoms with E-state index in [0.717, 1.165) is 18.4 Å². The summed E-state index contributed by atoms with van der Waals surface area (Å²) in [5, 5.41) is 2.02. The van der Waals surface area contributed by atoms with Crippen LogP contribution in [0.2, 0.25) is 0 Å². The molecule has 1 aromatic heterocycles. The van der Waals surface area contributed by atoms with Crippen LogP contribution in [0, 0.1) is 17.8 Å². The summed E-state index contributed by atoms with van der Waals surface area (Å²) in [4.78, 5) is 15.4. The molecule has 0 unspecified atom stereocenters. The topological polar surface area (TPSA) is 46.3 Å². The van der Waals surface area contributed by atoms with E-state index in [9.17, 15) is 4.79 Å². The Kier molecular flexibility index (Phi) is 5.63. The first-order valence-corrected chi connectivity index (χ1v) is 8.10. The molecule has 1 amide bonds. The predicted octanol–water partition coefficient (Wildman–Crippen LogP) is 2.60. The number of nitrogens with two attached hydrogens (primary N) is 1. The minimum Gasteiger partial charge on any atom is -0.340 e. The maximum Gasteiger partial charge on any atom is 0.225 e. The molecule has 108 valence electrons. The number of carbonyl (C=O) groups is 1. The van der Waals surface area contributed by atoms with Gasteiger partial charge in [0.15, 0.2) is 0 Å². The molecule has 0 aromatic carbocycles. The van der Waals surface area contributed by atoms with Gasteiger partial charge in [0, 0.05) is 28.8 Å². The van der Waals surface area contributed by atoms with Gasteiger partial charge in [-0.15, -0.1) is 11.3 Å². The van der Waals surface area contributed by atoms with Crippen LogP contribution in [0.5, 0.6) is 0 Å². The number of nitrogens with zero attached hydrogens (tertiary/aromatic N) is 1. The van der Waals surface area contributed by atoms with Crippen molar-refractivity contribution in [3.8, 4) is 11.8 Å². The first kappa shape index (κ1) is 15.1. The lowest BCUT2D eigenvalue weighted by Crippen LogP contribution is -2.33. The molecule has 1 heterocycles. The molecule has 2 rings (SSSR count). The van der Waals surface area contributed by atoms with Gasteiger partial charge < -0.3 is 10.6 Å². The van der Waals surface area contributed by atoms with Gasteiger partial charge >= 0.3 is 0 Å². The Morgan fingerprint density at radius 1 is 1.45 bits per heavy atom. The van der Waals surface area contributed by atoms with Gasteiger partial charge in [0.25, 0.3) is 0 Å². The average Bonchev–Trinajstić information content (AvgIpc) is 2.92. The van der Waals surface area contributed by atoms with Crippen molar-refractivity contribution < 1.29 is 4.79 Å². The molecule has 3 nitrogen and oxygen atoms in total. The Morgan fingerprint density at radius 3 is 2.90 bits per heavy atom. The first-order valence-electron chi connectivity index (χ1n) is 7.22. The number of hydrogen-bond donors (Lipinski definition) is 1. The third kappa shape index (κ3) is 4.09. The van der Waals surface area contributed by atoms with Gasteiger partial charge in [-0.2, -0.15) is 0 Å². The fraction of sp³-hybridized carbons (Fsp3) is 0.562. The number of thiophene rings is 1. The van der Waals surface area contributed by atoms with Gasteiger partial charge in [0.05, 0.1) is 13.1 Å². The zero-order valence-corrected chi connectivity index (χ0v) is 12.8. The Morgan fingerprint density at radius 2 is 2.20 bits per heavy atom. The second-order valence-corrected chi connectivity index (χ2v) is 6.33. The van der Waals surface area contributed by atoms with Crippen LogP contribution < -0.4 is 5.73 Å². The maximum absolute atomic E-state index is 12.4. The van der Waals surface area contributed by atoms with Gasteiger partial charge in [-0.05, 0) is 18.9 Å². The van der Waals surface area contributed by atoms with E-state index in [1.165, 1.54) is 24.1 Å². The van der Waals surface area contributed by atoms with Crippen LogP contribution in [-0.4, -0.2) is 24.4 Å². The molecule has 1 aliphatic carbocycles. The summed E-state index contributed by atoms with van der Waals surface area (Å²) < 4.78 is 0. The molecule has 1 aliphatic rings. The highest BCUT2D eigenvalue weighted by atomic mass is 32.1. The molecule has 1 aromatic rings. The standard InChI is InChI=1S/C16H22N2OS/c1-18(16(19)14-7-3-2-4-8-14)11-15-10-13(12-20-15)6-5-9-17/h10,12,14H,2-4,7-9,11,17H2,1H3. The van der Waals surface area contributed by atoms with Crippen molar-refractivity contribution in [2.24, 2.45) is 11.7 Å². The monoisotopic (exact) mass is 290 g/mol. The van der Waals surface area contributed by atoms with Crippen LogP contribution in [0.25, 0.3) is 0 Å². The molecule has 4 heteroatoms. The smallest absolute Gasteiger partial charge is 0.225 e. The van der Waals surface area contributed by atoms with Gasteiger partial charge in [0.2, 0.25) is 5.91 Å². The van der Waals surface area contributed by atoms with E-state index in [1.54, 1.807) is 11.3 Å². The van der Waals surface area contributed by atoms with Crippen molar-refractivity contribution in [3.63, 3.8) is 0 Å². The summed E-state index contributed by atoms with van der Waals surface area (Å²) in [5.41, 5.74) is 6.36. The van der Waals surface area contributed by atoms with Crippen LogP contribution in [0.1, 0.15) is 42.5 Å². The normalized spacial score (nSPS) is 15.5. The van der Waals surface area contributed by atoms with Crippen LogP contribution in [0.4, 0.5) is 0 Å². The molecule has 0 radical (unpaired) electrons. The number of rotatable bonds is 3. The Hall–Kier alpha value is -1.31. The molecule has 0 atom stereocenters. The van der Waals surface area contributed by atoms with Gasteiger partial charge in [-0.1, -0.05) is 31.1 Å². The molecule has 0 aliphatic heterocycles. The fourth-order valence-corrected chi connectivity index (χ4v) is 3.52. The number of hydrogen-bond acceptors (Lipinski definition) is 3. The Labute approximate surface area is 125 Å². The van der Waals surface area contributed by atoms with Crippen molar-refractivity contribution in [2.45, 2.75) is 38.6 Å². The summed E-state index contributed by atoms with van der Waals surface area (Å²) >= 11 is 1.66. The zero-order chi connectivity index (χ0) is 14.4. The summed E-state index contributed by atoms with van der Waals surface area (Å²) in [5.74, 6) is 6.41. The van der Waals surface area contributed by atoms with Crippen LogP contribution >= 0.6 is 11.3 Å². The van der Waals surface area contributed by atoms with Gasteiger partial charge in [-0.3, -0.25) is 4.79 Å². The van der Waals surface area contributed by atoms with Crippen LogP contribution in [0.3, 0.4) is 0 Å². The van der Waals surface area contributed by atoms with E-state index in [4.69, 9.17) is 5.73 Å². The number of carbonyl (C=O) groups excluding carboxylic acids is 1. The summed E-state index contributed by atoms with van der Waals surface area (Å²) in [7, 11) is 1.90. The molecular weight excluding hydrogens is 268 g/mol. The van der Waals surface area contributed by atoms with E-state index >= 15 is 0 Å². The van der Waals surface area contributed by atoms with Crippen molar-refractivity contribution in [1.29, 1.82) is 0 Å². The first-order chi connectivity index (χ1) is 9.70. The largest absolute Gasteiger partial charge is 0.340 e. The molecule has 20 heavy (non-hydrogen) atoms. The second-order valence-electron chi connectivity index (χ2n) is 5.34. The molecule has 0 bridgehead atoms. The van der Waals surface area contributed by atoms with Crippen LogP contribution in [-0.2, 0) is 11.3 Å². The van der Waals surface area contributed by atoms with Crippen molar-refractivity contribution >= 4 is 17.2 Å². The predicted molar refractivity (Wildman–Crippen MR) is 83.3 cm³/mol. The van der Waals surface area contributed by atoms with Crippen molar-refractivity contribution in [2.75, 3.05) is 13.6 Å². The van der Waals surface area contributed by atoms with Crippen LogP contribution in [0.15, 0.2) is 11.4 Å². The lowest BCUT2D eigenvalue weighted by Gasteiger charge is -2.26. The SMILES string of the molecule is CN(Cc1cc(C#CCN)cs1)C(=O)C1CCCCC1. The Bertz CT molecular complexity index is 506. The molecule has 0 spiro atoms. The van der Waals surface area contributed by atoms with E-state index < -0.39 is 0 Å². The van der Waals surface area contributed by atoms with Gasteiger partial charge in [-0.25, -0.2) is 0 Å². The highest BCUT2D eigenvalue weighted by Crippen LogP contribution is 2.26. The average molecular weight is 290 g/mol. The molecule has 0 saturated heterocycles. The molecular formula is C16H22N2OS. The Balaban J connectivity index is 1.91. The third-order valence-corrected chi connectivity index (χ3v) is 4.63. The van der Waals surface area contributed by atoms with Crippen molar-refractivity contribution in [3.05, 3.63) is 21.9 Å². The lowest BCUT2D eigenvalue weighted by molar-refractivity contribution is -0.135. The molecule has 2 N–H and O–H groups in total. The highest BCUT2D eigenvalue weighted by Gasteiger charge is 2.24. The van der Waals surface area contributed by atoms with E-state index in [2.05, 4.69) is 17.9 Å². The van der Waals surface area contributed by atoms with Crippen molar-refractivity contribution in [1.82, 2.24) is 4.90 Å². The maximum atomic E-state index is 12.4. The van der Waals surface area contributed by atoms with E-state index in [0.29, 0.717) is 19.0 Å². The second kappa shape index (κ2) is 7.47. The summed E-state index contributed by atoms with van der Waals surface area (Å²) in [6.45, 7) is 1.07. The minimum atomic E-state index is 0.241. The number of amides is 1. The fourth-order valence-electron chi connectivity index (χ4n) is 2.66. The molecule has 1 saturated carbocycles. The zero-order valence-electron chi connectivity index (χ0n) is 12.0. The summed E-state index contributed by atoms with van der Waals surface area (Å²) in [6.07, 6.45) is 5.79. The highest BCUT2D eigenvalue weighted by molar-refractivity contribution is 7.10. The third-order valence-electron chi connectivity index (χ3n) is 3.71. The van der Waals surface area contributed by atoms with E-state index in [-0.39, 0.29) is 5.92 Å². The van der Waals surface area contributed by atoms with E-state index in [1.807, 2.05) is 17.3 Å². The van der Waals surface area contributed by atoms with Gasteiger partial charge in [0.1, 0.15) is 0 Å². The summed E-state index contributed by atoms with van der Waals surface area (Å²) in [6, 6.07) is 2.05. The minimum absolute atomic E-state index is 0.241. The lowest BCUT2D eigenvalue weighted by atomic mass is 9.88.